The van der Waals surface area contributed by atoms with Crippen LogP contribution in [-0.2, 0) is 37.0 Å². The first-order valence-electron chi connectivity index (χ1n) is 14.9. The second kappa shape index (κ2) is 10.7. The minimum atomic E-state index is -4.11. The second-order valence-electron chi connectivity index (χ2n) is 12.6. The molecule has 2 N–H and O–H groups in total. The van der Waals surface area contributed by atoms with E-state index in [9.17, 15) is 18.3 Å². The predicted octanol–water partition coefficient (Wildman–Crippen LogP) is 2.93. The van der Waals surface area contributed by atoms with Crippen molar-refractivity contribution < 1.29 is 27.9 Å². The first kappa shape index (κ1) is 30.5. The molecular formula is C32H35N7O6S. The summed E-state index contributed by atoms with van der Waals surface area (Å²) in [5.74, 6) is -0.417. The molecule has 2 atom stereocenters. The van der Waals surface area contributed by atoms with Gasteiger partial charge in [-0.2, -0.15) is 10.2 Å². The number of nitrogens with zero attached hydrogens (tertiary/aromatic N) is 6. The van der Waals surface area contributed by atoms with Gasteiger partial charge in [-0.15, -0.1) is 0 Å². The quantitative estimate of drug-likeness (QED) is 0.265. The topological polar surface area (TPSA) is 144 Å². The van der Waals surface area contributed by atoms with Crippen molar-refractivity contribution in [2.75, 3.05) is 31.8 Å². The highest BCUT2D eigenvalue weighted by molar-refractivity contribution is 7.90. The fourth-order valence-corrected chi connectivity index (χ4v) is 7.83. The molecule has 2 aliphatic heterocycles. The number of fused-ring (bicyclic) bond motifs is 5. The van der Waals surface area contributed by atoms with Gasteiger partial charge in [0.25, 0.3) is 15.9 Å². The highest BCUT2D eigenvalue weighted by Crippen LogP contribution is 2.49. The summed E-state index contributed by atoms with van der Waals surface area (Å²) in [6, 6.07) is 13.9. The highest BCUT2D eigenvalue weighted by Gasteiger charge is 2.56. The molecule has 5 heterocycles. The van der Waals surface area contributed by atoms with Crippen LogP contribution in [0.15, 0.2) is 72.0 Å². The van der Waals surface area contributed by atoms with Gasteiger partial charge in [0.1, 0.15) is 5.54 Å². The number of anilines is 1. The van der Waals surface area contributed by atoms with Gasteiger partial charge in [0, 0.05) is 54.8 Å². The van der Waals surface area contributed by atoms with Crippen LogP contribution in [0, 0.1) is 0 Å². The molecule has 1 fully saturated rings. The van der Waals surface area contributed by atoms with E-state index in [4.69, 9.17) is 9.57 Å². The molecule has 1 amide bonds. The Morgan fingerprint density at radius 2 is 1.87 bits per heavy atom. The lowest BCUT2D eigenvalue weighted by atomic mass is 9.85. The normalized spacial score (nSPS) is 19.9. The summed E-state index contributed by atoms with van der Waals surface area (Å²) < 4.78 is 37.1. The zero-order valence-corrected chi connectivity index (χ0v) is 26.9. The minimum absolute atomic E-state index is 0.0206. The minimum Gasteiger partial charge on any atom is -0.356 e. The van der Waals surface area contributed by atoms with Gasteiger partial charge in [-0.25, -0.2) is 17.4 Å². The monoisotopic (exact) mass is 645 g/mol. The van der Waals surface area contributed by atoms with Crippen LogP contribution in [0.5, 0.6) is 0 Å². The third-order valence-corrected chi connectivity index (χ3v) is 10.2. The Hall–Kier alpha value is -4.18. The molecule has 1 spiro atoms. The van der Waals surface area contributed by atoms with E-state index >= 15 is 0 Å². The van der Waals surface area contributed by atoms with Crippen LogP contribution in [0.1, 0.15) is 26.3 Å². The molecule has 0 radical (unpaired) electrons. The molecule has 14 heteroatoms. The van der Waals surface area contributed by atoms with Gasteiger partial charge in [-0.1, -0.05) is 24.3 Å². The number of pyridine rings is 1. The van der Waals surface area contributed by atoms with Crippen LogP contribution in [0.25, 0.3) is 33.1 Å². The molecule has 1 saturated heterocycles. The second-order valence-corrected chi connectivity index (χ2v) is 14.4. The summed E-state index contributed by atoms with van der Waals surface area (Å²) in [7, 11) is -0.865. The first-order valence-corrected chi connectivity index (χ1v) is 16.3. The molecule has 5 aromatic rings. The molecule has 240 valence electrons. The molecule has 3 aromatic heterocycles. The third kappa shape index (κ3) is 4.63. The number of hydrogen-bond acceptors (Lipinski definition) is 10. The number of amides is 1. The molecule has 2 aliphatic rings. The van der Waals surface area contributed by atoms with E-state index in [0.717, 1.165) is 10.9 Å². The Bertz CT molecular complexity index is 2100. The maximum absolute atomic E-state index is 14.3. The standard InChI is InChI=1S/C32H35N7O6S/c1-31(2,3)45-30(41)37-14-13-34-32(19-37)27-25(39(44-5)29(32)40)17-33-28-26(27)23(20-11-12-24-21(15-20)16-35-36(24)4)18-38(28)46(42,43)22-9-7-6-8-10-22/h6-12,15-18,30,34,41H,13-14,19H2,1-5H3. The Kier molecular flexibility index (Phi) is 7.08. The van der Waals surface area contributed by atoms with Gasteiger partial charge >= 0.3 is 0 Å². The zero-order chi connectivity index (χ0) is 32.6. The number of aryl methyl sites for hydroxylation is 1. The van der Waals surface area contributed by atoms with Crippen LogP contribution in [-0.4, -0.2) is 81.8 Å². The third-order valence-electron chi connectivity index (χ3n) is 8.54. The van der Waals surface area contributed by atoms with Gasteiger partial charge < -0.3 is 9.84 Å². The lowest BCUT2D eigenvalue weighted by Gasteiger charge is -2.43. The summed E-state index contributed by atoms with van der Waals surface area (Å²) in [5.41, 5.74) is 1.13. The number of ether oxygens (including phenoxy) is 1. The number of benzene rings is 2. The SMILES string of the molecule is CON1C(=O)C2(CN(C(O)OC(C)(C)C)CCN2)c2c1cnc1c2c(-c2ccc3c(cnn3C)c2)cn1S(=O)(=O)c1ccccc1. The molecule has 0 bridgehead atoms. The maximum Gasteiger partial charge on any atom is 0.277 e. The van der Waals surface area contributed by atoms with Gasteiger partial charge in [0.15, 0.2) is 5.65 Å². The number of aliphatic hydroxyl groups excluding tert-OH is 1. The number of hydroxylamine groups is 1. The van der Waals surface area contributed by atoms with Crippen LogP contribution < -0.4 is 10.4 Å². The van der Waals surface area contributed by atoms with E-state index < -0.39 is 33.5 Å². The summed E-state index contributed by atoms with van der Waals surface area (Å²) in [5, 5.41) is 21.4. The summed E-state index contributed by atoms with van der Waals surface area (Å²) in [4.78, 5) is 26.4. The largest absolute Gasteiger partial charge is 0.356 e. The van der Waals surface area contributed by atoms with E-state index in [0.29, 0.717) is 40.9 Å². The molecule has 0 saturated carbocycles. The molecule has 2 unspecified atom stereocenters. The van der Waals surface area contributed by atoms with Crippen LogP contribution in [0.3, 0.4) is 0 Å². The van der Waals surface area contributed by atoms with Crippen LogP contribution >= 0.6 is 0 Å². The smallest absolute Gasteiger partial charge is 0.277 e. The van der Waals surface area contributed by atoms with Crippen molar-refractivity contribution in [3.8, 4) is 11.1 Å². The molecule has 0 aliphatic carbocycles. The first-order chi connectivity index (χ1) is 21.9. The Morgan fingerprint density at radius 1 is 1.11 bits per heavy atom. The number of carbonyl (C=O) groups is 1. The summed E-state index contributed by atoms with van der Waals surface area (Å²) >= 11 is 0. The van der Waals surface area contributed by atoms with E-state index in [-0.39, 0.29) is 17.1 Å². The highest BCUT2D eigenvalue weighted by atomic mass is 32.2. The van der Waals surface area contributed by atoms with E-state index in [1.165, 1.54) is 34.5 Å². The van der Waals surface area contributed by atoms with Crippen molar-refractivity contribution in [2.24, 2.45) is 7.05 Å². The maximum atomic E-state index is 14.3. The average Bonchev–Trinajstić information content (AvgIpc) is 3.67. The fourth-order valence-electron chi connectivity index (χ4n) is 6.50. The zero-order valence-electron chi connectivity index (χ0n) is 26.1. The van der Waals surface area contributed by atoms with Crippen LogP contribution in [0.4, 0.5) is 5.69 Å². The summed E-state index contributed by atoms with van der Waals surface area (Å²) in [6.07, 6.45) is 3.47. The molecule has 46 heavy (non-hydrogen) atoms. The number of piperazine rings is 1. The van der Waals surface area contributed by atoms with Crippen molar-refractivity contribution >= 4 is 43.6 Å². The van der Waals surface area contributed by atoms with Gasteiger partial charge in [-0.3, -0.25) is 24.5 Å². The lowest BCUT2D eigenvalue weighted by molar-refractivity contribution is -0.245. The van der Waals surface area contributed by atoms with Crippen LogP contribution in [0.2, 0.25) is 0 Å². The number of rotatable bonds is 6. The molecule has 2 aromatic carbocycles. The van der Waals surface area contributed by atoms with E-state index in [2.05, 4.69) is 15.4 Å². The van der Waals surface area contributed by atoms with Crippen molar-refractivity contribution in [1.29, 1.82) is 0 Å². The van der Waals surface area contributed by atoms with Gasteiger partial charge in [0.05, 0.1) is 41.2 Å². The number of aromatic nitrogens is 4. The van der Waals surface area contributed by atoms with Crippen molar-refractivity contribution in [3.05, 3.63) is 72.7 Å². The van der Waals surface area contributed by atoms with Gasteiger partial charge in [0.2, 0.25) is 6.41 Å². The summed E-state index contributed by atoms with van der Waals surface area (Å²) in [6.45, 7) is 6.27. The Balaban J connectivity index is 1.52. The number of hydrogen-bond donors (Lipinski definition) is 2. The number of carbonyl (C=O) groups excluding carboxylic acids is 1. The average molecular weight is 646 g/mol. The van der Waals surface area contributed by atoms with Crippen molar-refractivity contribution in [2.45, 2.75) is 43.2 Å². The molecule has 7 rings (SSSR count). The number of aliphatic hydroxyl groups is 1. The fraction of sp³-hybridized carbons (Fsp3) is 0.344. The molecular weight excluding hydrogens is 610 g/mol. The van der Waals surface area contributed by atoms with Gasteiger partial charge in [-0.05, 0) is 50.6 Å². The van der Waals surface area contributed by atoms with E-state index in [1.807, 2.05) is 46.0 Å². The number of nitrogens with one attached hydrogen (secondary N) is 1. The predicted molar refractivity (Wildman–Crippen MR) is 171 cm³/mol. The van der Waals surface area contributed by atoms with Crippen molar-refractivity contribution in [3.63, 3.8) is 0 Å². The van der Waals surface area contributed by atoms with E-state index in [1.54, 1.807) is 40.2 Å². The lowest BCUT2D eigenvalue weighted by Crippen LogP contribution is -2.64. The Morgan fingerprint density at radius 3 is 2.59 bits per heavy atom. The molecule has 13 nitrogen and oxygen atoms in total. The Labute approximate surface area is 265 Å². The van der Waals surface area contributed by atoms with Crippen molar-refractivity contribution in [1.82, 2.24) is 29.0 Å².